The van der Waals surface area contributed by atoms with Crippen LogP contribution in [0.3, 0.4) is 0 Å². The molecule has 0 amide bonds. The van der Waals surface area contributed by atoms with Gasteiger partial charge in [0.05, 0.1) is 7.11 Å². The van der Waals surface area contributed by atoms with Crippen molar-refractivity contribution in [2.45, 2.75) is 19.3 Å². The second-order valence-electron chi connectivity index (χ2n) is 1.93. The summed E-state index contributed by atoms with van der Waals surface area (Å²) in [7, 11) is 0.927. The van der Waals surface area contributed by atoms with Gasteiger partial charge in [0.2, 0.25) is 0 Å². The highest BCUT2D eigenvalue weighted by molar-refractivity contribution is 5.79. The number of hydrogen-bond acceptors (Lipinski definition) is 2. The summed E-state index contributed by atoms with van der Waals surface area (Å²) < 4.78 is 28.8. The minimum absolute atomic E-state index is 0.465. The molecule has 2 nitrogen and oxygen atoms in total. The predicted molar refractivity (Wildman–Crippen MR) is 36.4 cm³/mol. The maximum Gasteiger partial charge on any atom is 0.381 e. The van der Waals surface area contributed by atoms with Crippen LogP contribution in [0, 0.1) is 0 Å². The summed E-state index contributed by atoms with van der Waals surface area (Å²) in [5.41, 5.74) is 0. The van der Waals surface area contributed by atoms with Crippen LogP contribution >= 0.6 is 0 Å². The van der Waals surface area contributed by atoms with Crippen molar-refractivity contribution in [1.82, 2.24) is 0 Å². The highest BCUT2D eigenvalue weighted by Crippen LogP contribution is 2.16. The van der Waals surface area contributed by atoms with E-state index in [0.717, 1.165) is 7.11 Å². The van der Waals surface area contributed by atoms with E-state index in [2.05, 4.69) is 4.74 Å². The van der Waals surface area contributed by atoms with E-state index in [9.17, 15) is 13.6 Å². The molecule has 4 heteroatoms. The van der Waals surface area contributed by atoms with Crippen molar-refractivity contribution in [3.63, 3.8) is 0 Å². The summed E-state index contributed by atoms with van der Waals surface area (Å²) in [5, 5.41) is 0. The summed E-state index contributed by atoms with van der Waals surface area (Å²) in [6, 6.07) is 0. The molecule has 0 spiro atoms. The molecule has 0 aliphatic heterocycles. The van der Waals surface area contributed by atoms with Gasteiger partial charge in [0.1, 0.15) is 0 Å². The van der Waals surface area contributed by atoms with Crippen molar-refractivity contribution in [3.8, 4) is 0 Å². The van der Waals surface area contributed by atoms with Crippen LogP contribution in [0.1, 0.15) is 13.3 Å². The quantitative estimate of drug-likeness (QED) is 0.469. The molecule has 0 saturated heterocycles. The third kappa shape index (κ3) is 3.11. The first-order valence-electron chi connectivity index (χ1n) is 3.18. The van der Waals surface area contributed by atoms with Crippen LogP contribution in [0.5, 0.6) is 0 Å². The largest absolute Gasteiger partial charge is 0.464 e. The number of carbonyl (C=O) groups excluding carboxylic acids is 1. The highest BCUT2D eigenvalue weighted by Gasteiger charge is 2.36. The van der Waals surface area contributed by atoms with Crippen molar-refractivity contribution in [1.29, 1.82) is 0 Å². The lowest BCUT2D eigenvalue weighted by molar-refractivity contribution is -0.161. The third-order valence-corrected chi connectivity index (χ3v) is 1.02. The molecule has 0 aliphatic rings. The Kier molecular flexibility index (Phi) is 3.71. The minimum atomic E-state index is -3.48. The number of hydrogen-bond donors (Lipinski definition) is 0. The van der Waals surface area contributed by atoms with Crippen molar-refractivity contribution in [2.75, 3.05) is 7.11 Å². The number of esters is 1. The molecule has 0 fully saturated rings. The number of alkyl halides is 2. The summed E-state index contributed by atoms with van der Waals surface area (Å²) in [4.78, 5) is 10.3. The predicted octanol–water partition coefficient (Wildman–Crippen LogP) is 1.76. The molecule has 64 valence electrons. The molecule has 0 unspecified atom stereocenters. The van der Waals surface area contributed by atoms with E-state index < -0.39 is 11.9 Å². The van der Waals surface area contributed by atoms with Crippen LogP contribution in [0.2, 0.25) is 0 Å². The van der Waals surface area contributed by atoms with Gasteiger partial charge in [-0.25, -0.2) is 4.79 Å². The van der Waals surface area contributed by atoms with E-state index in [0.29, 0.717) is 12.5 Å². The Hall–Kier alpha value is -0.930. The zero-order valence-corrected chi connectivity index (χ0v) is 6.43. The van der Waals surface area contributed by atoms with Gasteiger partial charge in [0.25, 0.3) is 0 Å². The minimum Gasteiger partial charge on any atom is -0.464 e. The van der Waals surface area contributed by atoms with Crippen molar-refractivity contribution >= 4 is 5.97 Å². The molecule has 0 aromatic heterocycles. The first-order chi connectivity index (χ1) is 5.04. The van der Waals surface area contributed by atoms with Gasteiger partial charge in [-0.2, -0.15) is 8.78 Å². The Morgan fingerprint density at radius 1 is 1.64 bits per heavy atom. The molecule has 11 heavy (non-hydrogen) atoms. The fraction of sp³-hybridized carbons (Fsp3) is 0.571. The molecule has 0 bridgehead atoms. The van der Waals surface area contributed by atoms with Gasteiger partial charge in [-0.1, -0.05) is 13.0 Å². The number of halogens is 2. The summed E-state index contributed by atoms with van der Waals surface area (Å²) in [5.74, 6) is -5.01. The fourth-order valence-corrected chi connectivity index (χ4v) is 0.470. The smallest absolute Gasteiger partial charge is 0.381 e. The lowest BCUT2D eigenvalue weighted by Gasteiger charge is -2.07. The number of carbonyl (C=O) groups is 1. The van der Waals surface area contributed by atoms with Crippen LogP contribution in [0.15, 0.2) is 12.2 Å². The van der Waals surface area contributed by atoms with Crippen LogP contribution < -0.4 is 0 Å². The van der Waals surface area contributed by atoms with E-state index in [4.69, 9.17) is 0 Å². The average Bonchev–Trinajstić information content (AvgIpc) is 1.99. The first-order valence-corrected chi connectivity index (χ1v) is 3.18. The molecule has 0 atom stereocenters. The first kappa shape index (κ1) is 10.1. The molecule has 0 saturated carbocycles. The van der Waals surface area contributed by atoms with Gasteiger partial charge >= 0.3 is 11.9 Å². The Morgan fingerprint density at radius 2 is 2.18 bits per heavy atom. The molecule has 0 aromatic carbocycles. The molecular weight excluding hydrogens is 154 g/mol. The molecule has 0 aliphatic carbocycles. The summed E-state index contributed by atoms with van der Waals surface area (Å²) in [6.07, 6.45) is 2.22. The van der Waals surface area contributed by atoms with Crippen molar-refractivity contribution in [2.24, 2.45) is 0 Å². The zero-order valence-electron chi connectivity index (χ0n) is 6.43. The molecule has 0 aromatic rings. The number of rotatable bonds is 3. The van der Waals surface area contributed by atoms with E-state index in [-0.39, 0.29) is 0 Å². The molecule has 0 rings (SSSR count). The van der Waals surface area contributed by atoms with E-state index in [1.165, 1.54) is 6.08 Å². The Morgan fingerprint density at radius 3 is 2.55 bits per heavy atom. The van der Waals surface area contributed by atoms with Gasteiger partial charge in [-0.05, 0) is 12.5 Å². The van der Waals surface area contributed by atoms with Crippen molar-refractivity contribution < 1.29 is 18.3 Å². The van der Waals surface area contributed by atoms with E-state index >= 15 is 0 Å². The van der Waals surface area contributed by atoms with Gasteiger partial charge in [-0.3, -0.25) is 0 Å². The van der Waals surface area contributed by atoms with Gasteiger partial charge in [0.15, 0.2) is 0 Å². The van der Waals surface area contributed by atoms with E-state index in [1.54, 1.807) is 6.92 Å². The molecular formula is C7H10F2O2. The van der Waals surface area contributed by atoms with Crippen molar-refractivity contribution in [3.05, 3.63) is 12.2 Å². The maximum atomic E-state index is 12.4. The summed E-state index contributed by atoms with van der Waals surface area (Å²) >= 11 is 0. The topological polar surface area (TPSA) is 26.3 Å². The normalized spacial score (nSPS) is 12.0. The summed E-state index contributed by atoms with van der Waals surface area (Å²) in [6.45, 7) is 1.70. The Balaban J connectivity index is 4.20. The second-order valence-corrected chi connectivity index (χ2v) is 1.93. The monoisotopic (exact) mass is 164 g/mol. The average molecular weight is 164 g/mol. The Labute approximate surface area is 63.8 Å². The zero-order chi connectivity index (χ0) is 8.91. The second kappa shape index (κ2) is 4.05. The van der Waals surface area contributed by atoms with Gasteiger partial charge < -0.3 is 4.74 Å². The maximum absolute atomic E-state index is 12.4. The third-order valence-electron chi connectivity index (χ3n) is 1.02. The van der Waals surface area contributed by atoms with Gasteiger partial charge in [0, 0.05) is 0 Å². The molecule has 0 N–H and O–H groups in total. The number of allylic oxidation sites excluding steroid dienone is 1. The lowest BCUT2D eigenvalue weighted by atomic mass is 10.3. The standard InChI is InChI=1S/C7H10F2O2/c1-3-4-5-7(8,9)6(10)11-2/h4-5H,3H2,1-2H3. The van der Waals surface area contributed by atoms with Gasteiger partial charge in [-0.15, -0.1) is 0 Å². The highest BCUT2D eigenvalue weighted by atomic mass is 19.3. The Bertz CT molecular complexity index is 164. The van der Waals surface area contributed by atoms with E-state index in [1.807, 2.05) is 0 Å². The SMILES string of the molecule is CCC=CC(F)(F)C(=O)OC. The molecule has 0 heterocycles. The lowest BCUT2D eigenvalue weighted by Crippen LogP contribution is -2.27. The van der Waals surface area contributed by atoms with Crippen LogP contribution in [-0.2, 0) is 9.53 Å². The molecule has 0 radical (unpaired) electrons. The number of methoxy groups -OCH3 is 1. The van der Waals surface area contributed by atoms with Crippen LogP contribution in [0.25, 0.3) is 0 Å². The fourth-order valence-electron chi connectivity index (χ4n) is 0.470. The van der Waals surface area contributed by atoms with Crippen LogP contribution in [0.4, 0.5) is 8.78 Å². The number of ether oxygens (including phenoxy) is 1. The van der Waals surface area contributed by atoms with Crippen LogP contribution in [-0.4, -0.2) is 19.0 Å².